The Labute approximate surface area is 113 Å². The van der Waals surface area contributed by atoms with Crippen LogP contribution in [0, 0.1) is 11.6 Å². The highest BCUT2D eigenvalue weighted by Crippen LogP contribution is 2.22. The highest BCUT2D eigenvalue weighted by atomic mass is 79.9. The third-order valence-electron chi connectivity index (χ3n) is 2.34. The molecule has 1 aromatic rings. The summed E-state index contributed by atoms with van der Waals surface area (Å²) >= 11 is 2.78. The molecular weight excluding hydrogens is 330 g/mol. The molecule has 0 fully saturated rings. The molecule has 102 valence electrons. The molecule has 0 aliphatic heterocycles. The summed E-state index contributed by atoms with van der Waals surface area (Å²) in [6.07, 6.45) is 0. The Morgan fingerprint density at radius 1 is 1.33 bits per heavy atom. The molecule has 0 aliphatic carbocycles. The number of likely N-dealkylation sites (N-methyl/N-ethyl adjacent to an activating group) is 1. The summed E-state index contributed by atoms with van der Waals surface area (Å²) in [5.41, 5.74) is 0. The summed E-state index contributed by atoms with van der Waals surface area (Å²) in [5.74, 6) is -1.84. The Kier molecular flexibility index (Phi) is 5.20. The van der Waals surface area contributed by atoms with Gasteiger partial charge in [0, 0.05) is 12.6 Å². The topological polar surface area (TPSA) is 58.2 Å². The quantitative estimate of drug-likeness (QED) is 0.799. The smallest absolute Gasteiger partial charge is 0.243 e. The van der Waals surface area contributed by atoms with Crippen LogP contribution in [0.5, 0.6) is 0 Å². The first-order valence-electron chi connectivity index (χ1n) is 5.09. The number of rotatable bonds is 5. The highest BCUT2D eigenvalue weighted by Gasteiger charge is 2.21. The van der Waals surface area contributed by atoms with E-state index in [1.165, 1.54) is 0 Å². The first kappa shape index (κ1) is 15.5. The number of hydrogen-bond acceptors (Lipinski definition) is 3. The number of benzene rings is 1. The molecule has 0 saturated heterocycles. The van der Waals surface area contributed by atoms with Gasteiger partial charge in [0.15, 0.2) is 0 Å². The Balaban J connectivity index is 3.02. The van der Waals surface area contributed by atoms with E-state index in [1.54, 1.807) is 14.0 Å². The predicted octanol–water partition coefficient (Wildman–Crippen LogP) is 1.61. The maximum atomic E-state index is 13.5. The average molecular weight is 343 g/mol. The standard InChI is InChI=1S/C10H13BrF2N2O2S/c1-6(14-2)5-15-18(16,17)10-4-8(12)7(11)3-9(10)13/h3-4,6,14-15H,5H2,1-2H3. The van der Waals surface area contributed by atoms with Crippen LogP contribution >= 0.6 is 15.9 Å². The van der Waals surface area contributed by atoms with E-state index in [1.807, 2.05) is 0 Å². The molecule has 1 atom stereocenters. The van der Waals surface area contributed by atoms with Crippen LogP contribution in [0.4, 0.5) is 8.78 Å². The number of halogens is 3. The molecule has 0 saturated carbocycles. The van der Waals surface area contributed by atoms with Crippen molar-refractivity contribution >= 4 is 26.0 Å². The normalized spacial score (nSPS) is 13.6. The molecular formula is C10H13BrF2N2O2S. The van der Waals surface area contributed by atoms with Gasteiger partial charge in [-0.25, -0.2) is 21.9 Å². The third-order valence-corrected chi connectivity index (χ3v) is 4.38. The fourth-order valence-electron chi connectivity index (χ4n) is 1.12. The lowest BCUT2D eigenvalue weighted by atomic mass is 10.3. The molecule has 0 aromatic heterocycles. The Bertz CT molecular complexity index is 537. The second-order valence-electron chi connectivity index (χ2n) is 3.74. The summed E-state index contributed by atoms with van der Waals surface area (Å²) in [6, 6.07) is 1.31. The minimum Gasteiger partial charge on any atom is -0.316 e. The molecule has 0 amide bonds. The Morgan fingerprint density at radius 3 is 2.50 bits per heavy atom. The van der Waals surface area contributed by atoms with E-state index in [-0.39, 0.29) is 17.1 Å². The van der Waals surface area contributed by atoms with Crippen LogP contribution < -0.4 is 10.0 Å². The van der Waals surface area contributed by atoms with Gasteiger partial charge in [-0.15, -0.1) is 0 Å². The van der Waals surface area contributed by atoms with Crippen molar-refractivity contribution in [1.29, 1.82) is 0 Å². The van der Waals surface area contributed by atoms with Crippen LogP contribution in [-0.4, -0.2) is 28.1 Å². The SMILES string of the molecule is CNC(C)CNS(=O)(=O)c1cc(F)c(Br)cc1F. The van der Waals surface area contributed by atoms with Crippen molar-refractivity contribution in [2.75, 3.05) is 13.6 Å². The second kappa shape index (κ2) is 6.05. The monoisotopic (exact) mass is 342 g/mol. The second-order valence-corrected chi connectivity index (χ2v) is 6.33. The molecule has 0 bridgehead atoms. The summed E-state index contributed by atoms with van der Waals surface area (Å²) in [4.78, 5) is -0.702. The molecule has 8 heteroatoms. The van der Waals surface area contributed by atoms with Crippen molar-refractivity contribution in [2.24, 2.45) is 0 Å². The van der Waals surface area contributed by atoms with Crippen LogP contribution in [0.3, 0.4) is 0 Å². The molecule has 0 spiro atoms. The van der Waals surface area contributed by atoms with Crippen LogP contribution in [0.25, 0.3) is 0 Å². The maximum Gasteiger partial charge on any atom is 0.243 e. The first-order valence-corrected chi connectivity index (χ1v) is 7.37. The van der Waals surface area contributed by atoms with Gasteiger partial charge < -0.3 is 5.32 Å². The van der Waals surface area contributed by atoms with E-state index in [2.05, 4.69) is 26.0 Å². The molecule has 0 radical (unpaired) electrons. The zero-order valence-corrected chi connectivity index (χ0v) is 12.2. The van der Waals surface area contributed by atoms with Gasteiger partial charge in [0.05, 0.1) is 4.47 Å². The van der Waals surface area contributed by atoms with Gasteiger partial charge in [0.2, 0.25) is 10.0 Å². The van der Waals surface area contributed by atoms with Crippen molar-refractivity contribution < 1.29 is 17.2 Å². The maximum absolute atomic E-state index is 13.5. The first-order chi connectivity index (χ1) is 8.27. The van der Waals surface area contributed by atoms with Crippen molar-refractivity contribution in [2.45, 2.75) is 17.9 Å². The minimum atomic E-state index is -4.06. The van der Waals surface area contributed by atoms with Gasteiger partial charge in [0.25, 0.3) is 0 Å². The van der Waals surface area contributed by atoms with Crippen molar-refractivity contribution in [1.82, 2.24) is 10.0 Å². The van der Waals surface area contributed by atoms with E-state index in [9.17, 15) is 17.2 Å². The van der Waals surface area contributed by atoms with Crippen molar-refractivity contribution in [3.63, 3.8) is 0 Å². The van der Waals surface area contributed by atoms with Crippen LogP contribution in [-0.2, 0) is 10.0 Å². The average Bonchev–Trinajstić information content (AvgIpc) is 2.30. The van der Waals surface area contributed by atoms with Crippen LogP contribution in [0.15, 0.2) is 21.5 Å². The summed E-state index contributed by atoms with van der Waals surface area (Å²) < 4.78 is 52.4. The lowest BCUT2D eigenvalue weighted by molar-refractivity contribution is 0.532. The molecule has 0 heterocycles. The fourth-order valence-corrected chi connectivity index (χ4v) is 2.64. The molecule has 1 aromatic carbocycles. The lowest BCUT2D eigenvalue weighted by Crippen LogP contribution is -2.37. The zero-order chi connectivity index (χ0) is 13.9. The molecule has 4 nitrogen and oxygen atoms in total. The van der Waals surface area contributed by atoms with Crippen molar-refractivity contribution in [3.05, 3.63) is 28.2 Å². The van der Waals surface area contributed by atoms with Gasteiger partial charge in [-0.1, -0.05) is 0 Å². The van der Waals surface area contributed by atoms with Crippen molar-refractivity contribution in [3.8, 4) is 0 Å². The predicted molar refractivity (Wildman–Crippen MR) is 67.8 cm³/mol. The van der Waals surface area contributed by atoms with Gasteiger partial charge in [0.1, 0.15) is 16.5 Å². The summed E-state index contributed by atoms with van der Waals surface area (Å²) in [7, 11) is -2.40. The third kappa shape index (κ3) is 3.71. The van der Waals surface area contributed by atoms with Gasteiger partial charge in [-0.2, -0.15) is 0 Å². The van der Waals surface area contributed by atoms with E-state index in [0.717, 1.165) is 6.07 Å². The number of nitrogens with one attached hydrogen (secondary N) is 2. The number of hydrogen-bond donors (Lipinski definition) is 2. The van der Waals surface area contributed by atoms with E-state index in [4.69, 9.17) is 0 Å². The molecule has 2 N–H and O–H groups in total. The zero-order valence-electron chi connectivity index (χ0n) is 9.80. The molecule has 0 aliphatic rings. The molecule has 18 heavy (non-hydrogen) atoms. The Hall–Kier alpha value is -0.570. The Morgan fingerprint density at radius 2 is 1.94 bits per heavy atom. The number of sulfonamides is 1. The summed E-state index contributed by atoms with van der Waals surface area (Å²) in [5, 5.41) is 2.82. The summed E-state index contributed by atoms with van der Waals surface area (Å²) in [6.45, 7) is 1.83. The van der Waals surface area contributed by atoms with E-state index >= 15 is 0 Å². The molecule has 1 rings (SSSR count). The van der Waals surface area contributed by atoms with E-state index < -0.39 is 26.6 Å². The van der Waals surface area contributed by atoms with Crippen LogP contribution in [0.1, 0.15) is 6.92 Å². The fraction of sp³-hybridized carbons (Fsp3) is 0.400. The van der Waals surface area contributed by atoms with Gasteiger partial charge in [-0.3, -0.25) is 0 Å². The molecule has 1 unspecified atom stereocenters. The van der Waals surface area contributed by atoms with E-state index in [0.29, 0.717) is 6.07 Å². The van der Waals surface area contributed by atoms with Gasteiger partial charge in [-0.05, 0) is 42.0 Å². The van der Waals surface area contributed by atoms with Gasteiger partial charge >= 0.3 is 0 Å². The lowest BCUT2D eigenvalue weighted by Gasteiger charge is -2.12. The minimum absolute atomic E-state index is 0.0793. The van der Waals surface area contributed by atoms with Crippen LogP contribution in [0.2, 0.25) is 0 Å². The highest BCUT2D eigenvalue weighted by molar-refractivity contribution is 9.10. The largest absolute Gasteiger partial charge is 0.316 e.